The Morgan fingerprint density at radius 2 is 1.90 bits per heavy atom. The molecule has 0 unspecified atom stereocenters. The predicted molar refractivity (Wildman–Crippen MR) is 87.8 cm³/mol. The first-order valence-electron chi connectivity index (χ1n) is 6.94. The van der Waals surface area contributed by atoms with Crippen molar-refractivity contribution >= 4 is 28.2 Å². The number of rotatable bonds is 4. The Morgan fingerprint density at radius 3 is 2.62 bits per heavy atom. The molecule has 0 amide bonds. The van der Waals surface area contributed by atoms with Crippen LogP contribution >= 0.6 is 11.6 Å². The molecular weight excluding hydrogens is 284 g/mol. The lowest BCUT2D eigenvalue weighted by atomic mass is 10.2. The second kappa shape index (κ2) is 5.70. The molecule has 0 fully saturated rings. The molecule has 3 nitrogen and oxygen atoms in total. The molecule has 0 radical (unpaired) electrons. The minimum atomic E-state index is 0.504. The fraction of sp³-hybridized carbons (Fsp3) is 0.176. The summed E-state index contributed by atoms with van der Waals surface area (Å²) in [6.07, 6.45) is 0. The van der Waals surface area contributed by atoms with Crippen molar-refractivity contribution in [1.82, 2.24) is 4.57 Å². The van der Waals surface area contributed by atoms with Gasteiger partial charge < -0.3 is 15.0 Å². The van der Waals surface area contributed by atoms with Crippen LogP contribution in [0.15, 0.2) is 48.5 Å². The number of fused-ring (bicyclic) bond motifs is 1. The van der Waals surface area contributed by atoms with Crippen LogP contribution in [0.5, 0.6) is 5.75 Å². The van der Waals surface area contributed by atoms with Gasteiger partial charge in [-0.15, -0.1) is 0 Å². The van der Waals surface area contributed by atoms with E-state index in [1.807, 2.05) is 36.4 Å². The molecule has 2 aromatic carbocycles. The molecule has 0 saturated carbocycles. The summed E-state index contributed by atoms with van der Waals surface area (Å²) >= 11 is 5.87. The highest BCUT2D eigenvalue weighted by Gasteiger charge is 2.10. The van der Waals surface area contributed by atoms with Crippen LogP contribution in [0.2, 0.25) is 5.02 Å². The molecular formula is C17H17ClN2O. The molecule has 0 spiro atoms. The summed E-state index contributed by atoms with van der Waals surface area (Å²) in [6.45, 7) is 3.47. The SMILES string of the molecule is CCn1c(COc2ccc(Cl)cc2)cc2cccc(N)c21. The molecule has 1 heterocycles. The van der Waals surface area contributed by atoms with E-state index in [1.165, 1.54) is 0 Å². The normalized spacial score (nSPS) is 11.0. The molecule has 0 aliphatic heterocycles. The Balaban J connectivity index is 1.90. The van der Waals surface area contributed by atoms with E-state index < -0.39 is 0 Å². The summed E-state index contributed by atoms with van der Waals surface area (Å²) in [6, 6.07) is 15.5. The number of hydrogen-bond donors (Lipinski definition) is 1. The molecule has 0 bridgehead atoms. The monoisotopic (exact) mass is 300 g/mol. The van der Waals surface area contributed by atoms with E-state index in [1.54, 1.807) is 0 Å². The zero-order chi connectivity index (χ0) is 14.8. The zero-order valence-electron chi connectivity index (χ0n) is 11.8. The molecule has 1 aromatic heterocycles. The fourth-order valence-electron chi connectivity index (χ4n) is 2.58. The van der Waals surface area contributed by atoms with E-state index in [-0.39, 0.29) is 0 Å². The van der Waals surface area contributed by atoms with Crippen molar-refractivity contribution in [2.75, 3.05) is 5.73 Å². The Hall–Kier alpha value is -2.13. The van der Waals surface area contributed by atoms with Gasteiger partial charge in [-0.3, -0.25) is 0 Å². The summed E-state index contributed by atoms with van der Waals surface area (Å²) in [5.41, 5.74) is 9.08. The molecule has 2 N–H and O–H groups in total. The number of para-hydroxylation sites is 1. The van der Waals surface area contributed by atoms with E-state index in [2.05, 4.69) is 23.6 Å². The van der Waals surface area contributed by atoms with Crippen LogP contribution in [0.1, 0.15) is 12.6 Å². The number of aromatic nitrogens is 1. The van der Waals surface area contributed by atoms with Gasteiger partial charge in [-0.25, -0.2) is 0 Å². The van der Waals surface area contributed by atoms with Gasteiger partial charge in [-0.1, -0.05) is 23.7 Å². The van der Waals surface area contributed by atoms with Crippen molar-refractivity contribution in [2.24, 2.45) is 0 Å². The summed E-state index contributed by atoms with van der Waals surface area (Å²) in [5, 5.41) is 1.85. The zero-order valence-corrected chi connectivity index (χ0v) is 12.6. The van der Waals surface area contributed by atoms with Gasteiger partial charge >= 0.3 is 0 Å². The number of hydrogen-bond acceptors (Lipinski definition) is 2. The predicted octanol–water partition coefficient (Wildman–Crippen LogP) is 4.48. The summed E-state index contributed by atoms with van der Waals surface area (Å²) in [7, 11) is 0. The van der Waals surface area contributed by atoms with Crippen molar-refractivity contribution in [3.8, 4) is 5.75 Å². The van der Waals surface area contributed by atoms with Gasteiger partial charge in [-0.05, 0) is 43.3 Å². The van der Waals surface area contributed by atoms with E-state index in [0.717, 1.165) is 34.6 Å². The molecule has 4 heteroatoms. The van der Waals surface area contributed by atoms with E-state index in [0.29, 0.717) is 11.6 Å². The van der Waals surface area contributed by atoms with Gasteiger partial charge in [0.25, 0.3) is 0 Å². The first-order chi connectivity index (χ1) is 10.2. The van der Waals surface area contributed by atoms with E-state index >= 15 is 0 Å². The van der Waals surface area contributed by atoms with Crippen LogP contribution in [0.4, 0.5) is 5.69 Å². The summed E-state index contributed by atoms with van der Waals surface area (Å²) < 4.78 is 8.03. The van der Waals surface area contributed by atoms with Crippen LogP contribution in [-0.4, -0.2) is 4.57 Å². The van der Waals surface area contributed by atoms with Gasteiger partial charge in [0.05, 0.1) is 16.9 Å². The number of nitrogens with two attached hydrogens (primary N) is 1. The van der Waals surface area contributed by atoms with Crippen molar-refractivity contribution in [1.29, 1.82) is 0 Å². The lowest BCUT2D eigenvalue weighted by molar-refractivity contribution is 0.296. The summed E-state index contributed by atoms with van der Waals surface area (Å²) in [4.78, 5) is 0. The lowest BCUT2D eigenvalue weighted by Crippen LogP contribution is -2.05. The Morgan fingerprint density at radius 1 is 1.14 bits per heavy atom. The van der Waals surface area contributed by atoms with Crippen molar-refractivity contribution in [3.05, 3.63) is 59.2 Å². The maximum Gasteiger partial charge on any atom is 0.128 e. The second-order valence-electron chi connectivity index (χ2n) is 4.91. The van der Waals surface area contributed by atoms with E-state index in [9.17, 15) is 0 Å². The Labute approximate surface area is 128 Å². The maximum absolute atomic E-state index is 6.09. The van der Waals surface area contributed by atoms with Gasteiger partial charge in [0.1, 0.15) is 12.4 Å². The lowest BCUT2D eigenvalue weighted by Gasteiger charge is -2.10. The molecule has 0 atom stereocenters. The largest absolute Gasteiger partial charge is 0.487 e. The number of nitrogens with zero attached hydrogens (tertiary/aromatic N) is 1. The average molecular weight is 301 g/mol. The fourth-order valence-corrected chi connectivity index (χ4v) is 2.70. The highest BCUT2D eigenvalue weighted by molar-refractivity contribution is 6.30. The number of benzene rings is 2. The Kier molecular flexibility index (Phi) is 3.76. The third-order valence-corrected chi connectivity index (χ3v) is 3.81. The number of aryl methyl sites for hydroxylation is 1. The van der Waals surface area contributed by atoms with Gasteiger partial charge in [0, 0.05) is 17.0 Å². The van der Waals surface area contributed by atoms with Gasteiger partial charge in [0.2, 0.25) is 0 Å². The topological polar surface area (TPSA) is 40.2 Å². The van der Waals surface area contributed by atoms with Crippen LogP contribution in [0.25, 0.3) is 10.9 Å². The van der Waals surface area contributed by atoms with Crippen LogP contribution in [0, 0.1) is 0 Å². The van der Waals surface area contributed by atoms with Crippen LogP contribution < -0.4 is 10.5 Å². The van der Waals surface area contributed by atoms with Crippen LogP contribution in [0.3, 0.4) is 0 Å². The molecule has 0 saturated heterocycles. The molecule has 21 heavy (non-hydrogen) atoms. The first kappa shape index (κ1) is 13.8. The quantitative estimate of drug-likeness (QED) is 0.722. The third-order valence-electron chi connectivity index (χ3n) is 3.55. The highest BCUT2D eigenvalue weighted by Crippen LogP contribution is 2.26. The minimum Gasteiger partial charge on any atom is -0.487 e. The minimum absolute atomic E-state index is 0.504. The molecule has 3 aromatic rings. The molecule has 108 valence electrons. The average Bonchev–Trinajstić information content (AvgIpc) is 2.85. The molecule has 0 aliphatic carbocycles. The standard InChI is InChI=1S/C17H17ClN2O/c1-2-20-14(10-12-4-3-5-16(19)17(12)20)11-21-15-8-6-13(18)7-9-15/h3-10H,2,11,19H2,1H3. The highest BCUT2D eigenvalue weighted by atomic mass is 35.5. The van der Waals surface area contributed by atoms with Crippen molar-refractivity contribution < 1.29 is 4.74 Å². The number of anilines is 1. The van der Waals surface area contributed by atoms with Gasteiger partial charge in [-0.2, -0.15) is 0 Å². The maximum atomic E-state index is 6.09. The van der Waals surface area contributed by atoms with Gasteiger partial charge in [0.15, 0.2) is 0 Å². The first-order valence-corrected chi connectivity index (χ1v) is 7.32. The number of nitrogen functional groups attached to an aromatic ring is 1. The second-order valence-corrected chi connectivity index (χ2v) is 5.34. The number of halogens is 1. The summed E-state index contributed by atoms with van der Waals surface area (Å²) in [5.74, 6) is 0.806. The smallest absolute Gasteiger partial charge is 0.128 e. The van der Waals surface area contributed by atoms with Crippen molar-refractivity contribution in [3.63, 3.8) is 0 Å². The third kappa shape index (κ3) is 2.69. The van der Waals surface area contributed by atoms with E-state index in [4.69, 9.17) is 22.1 Å². The van der Waals surface area contributed by atoms with Crippen molar-refractivity contribution in [2.45, 2.75) is 20.1 Å². The molecule has 3 rings (SSSR count). The molecule has 0 aliphatic rings. The number of ether oxygens (including phenoxy) is 1. The van der Waals surface area contributed by atoms with Crippen LogP contribution in [-0.2, 0) is 13.2 Å². The Bertz CT molecular complexity index is 762.